The third-order valence-electron chi connectivity index (χ3n) is 4.11. The largest absolute Gasteiger partial charge is 0.370 e. The van der Waals surface area contributed by atoms with Gasteiger partial charge in [-0.1, -0.05) is 32.0 Å². The van der Waals surface area contributed by atoms with Gasteiger partial charge >= 0.3 is 0 Å². The van der Waals surface area contributed by atoms with Gasteiger partial charge in [0.15, 0.2) is 0 Å². The average molecular weight is 337 g/mol. The first-order valence-corrected chi connectivity index (χ1v) is 8.07. The van der Waals surface area contributed by atoms with Crippen LogP contribution in [0.4, 0.5) is 4.39 Å². The highest BCUT2D eigenvalue weighted by molar-refractivity contribution is 5.87. The fraction of sp³-hybridized carbons (Fsp3) is 0.529. The lowest BCUT2D eigenvalue weighted by atomic mass is 10.1. The standard InChI is InChI=1S/C17H24FN3O3/c1-11(2)16(19)17(23)20-9-15(22)21-7-8-24-14(10-21)12-5-3-4-6-13(12)18/h3-6,11,14,16H,7-10,19H2,1-2H3,(H,20,23)/t14?,16-/m0/s1. The average Bonchev–Trinajstić information content (AvgIpc) is 2.59. The molecule has 1 fully saturated rings. The molecule has 1 saturated heterocycles. The molecule has 24 heavy (non-hydrogen) atoms. The number of hydrogen-bond acceptors (Lipinski definition) is 4. The number of rotatable bonds is 5. The Bertz CT molecular complexity index is 594. The Labute approximate surface area is 141 Å². The summed E-state index contributed by atoms with van der Waals surface area (Å²) in [6.45, 7) is 4.55. The van der Waals surface area contributed by atoms with Crippen molar-refractivity contribution in [2.45, 2.75) is 26.0 Å². The van der Waals surface area contributed by atoms with Crippen LogP contribution in [0.15, 0.2) is 24.3 Å². The highest BCUT2D eigenvalue weighted by Gasteiger charge is 2.27. The number of ether oxygens (including phenoxy) is 1. The zero-order valence-corrected chi connectivity index (χ0v) is 14.0. The normalized spacial score (nSPS) is 19.2. The number of nitrogens with zero attached hydrogens (tertiary/aromatic N) is 1. The van der Waals surface area contributed by atoms with Crippen molar-refractivity contribution >= 4 is 11.8 Å². The molecule has 2 amide bonds. The summed E-state index contributed by atoms with van der Waals surface area (Å²) in [6, 6.07) is 5.71. The second kappa shape index (κ2) is 8.21. The molecular weight excluding hydrogens is 313 g/mol. The molecule has 132 valence electrons. The van der Waals surface area contributed by atoms with Gasteiger partial charge in [-0.3, -0.25) is 9.59 Å². The SMILES string of the molecule is CC(C)[C@H](N)C(=O)NCC(=O)N1CCOC(c2ccccc2F)C1. The van der Waals surface area contributed by atoms with Crippen molar-refractivity contribution in [1.82, 2.24) is 10.2 Å². The van der Waals surface area contributed by atoms with Crippen LogP contribution in [0.2, 0.25) is 0 Å². The molecule has 2 rings (SSSR count). The minimum absolute atomic E-state index is 0.00563. The lowest BCUT2D eigenvalue weighted by Crippen LogP contribution is -2.50. The van der Waals surface area contributed by atoms with E-state index in [4.69, 9.17) is 10.5 Å². The minimum Gasteiger partial charge on any atom is -0.370 e. The fourth-order valence-electron chi connectivity index (χ4n) is 2.50. The van der Waals surface area contributed by atoms with Gasteiger partial charge < -0.3 is 20.7 Å². The molecule has 0 radical (unpaired) electrons. The molecule has 2 atom stereocenters. The maximum Gasteiger partial charge on any atom is 0.242 e. The first kappa shape index (κ1) is 18.4. The Morgan fingerprint density at radius 2 is 2.12 bits per heavy atom. The summed E-state index contributed by atoms with van der Waals surface area (Å²) >= 11 is 0. The number of halogens is 1. The lowest BCUT2D eigenvalue weighted by Gasteiger charge is -2.33. The molecular formula is C17H24FN3O3. The number of amides is 2. The molecule has 1 unspecified atom stereocenters. The maximum absolute atomic E-state index is 13.9. The van der Waals surface area contributed by atoms with Crippen molar-refractivity contribution in [1.29, 1.82) is 0 Å². The van der Waals surface area contributed by atoms with E-state index in [9.17, 15) is 14.0 Å². The van der Waals surface area contributed by atoms with Crippen LogP contribution in [0.5, 0.6) is 0 Å². The van der Waals surface area contributed by atoms with Gasteiger partial charge in [-0.2, -0.15) is 0 Å². The second-order valence-electron chi connectivity index (χ2n) is 6.21. The van der Waals surface area contributed by atoms with E-state index in [2.05, 4.69) is 5.32 Å². The van der Waals surface area contributed by atoms with Crippen molar-refractivity contribution in [3.63, 3.8) is 0 Å². The number of nitrogens with two attached hydrogens (primary N) is 1. The lowest BCUT2D eigenvalue weighted by molar-refractivity contribution is -0.139. The number of morpholine rings is 1. The van der Waals surface area contributed by atoms with Gasteiger partial charge in [-0.05, 0) is 12.0 Å². The van der Waals surface area contributed by atoms with Gasteiger partial charge in [0.25, 0.3) is 0 Å². The molecule has 1 heterocycles. The third kappa shape index (κ3) is 4.52. The number of carbonyl (C=O) groups is 2. The smallest absolute Gasteiger partial charge is 0.242 e. The summed E-state index contributed by atoms with van der Waals surface area (Å²) < 4.78 is 19.4. The molecule has 1 aliphatic rings. The predicted octanol–water partition coefficient (Wildman–Crippen LogP) is 0.825. The van der Waals surface area contributed by atoms with E-state index in [0.717, 1.165) is 0 Å². The Hall–Kier alpha value is -1.99. The summed E-state index contributed by atoms with van der Waals surface area (Å²) in [5, 5.41) is 2.56. The van der Waals surface area contributed by atoms with E-state index >= 15 is 0 Å². The first-order valence-electron chi connectivity index (χ1n) is 8.07. The highest BCUT2D eigenvalue weighted by Crippen LogP contribution is 2.24. The predicted molar refractivity (Wildman–Crippen MR) is 87.5 cm³/mol. The van der Waals surface area contributed by atoms with Crippen LogP contribution >= 0.6 is 0 Å². The van der Waals surface area contributed by atoms with E-state index in [1.807, 2.05) is 13.8 Å². The quantitative estimate of drug-likeness (QED) is 0.833. The first-order chi connectivity index (χ1) is 11.4. The van der Waals surface area contributed by atoms with Crippen molar-refractivity contribution in [3.8, 4) is 0 Å². The molecule has 6 nitrogen and oxygen atoms in total. The molecule has 0 aromatic heterocycles. The third-order valence-corrected chi connectivity index (χ3v) is 4.11. The summed E-state index contributed by atoms with van der Waals surface area (Å²) in [5.41, 5.74) is 6.17. The van der Waals surface area contributed by atoms with Gasteiger partial charge in [-0.15, -0.1) is 0 Å². The molecule has 1 aromatic carbocycles. The van der Waals surface area contributed by atoms with Crippen molar-refractivity contribution in [2.24, 2.45) is 11.7 Å². The Morgan fingerprint density at radius 3 is 2.79 bits per heavy atom. The Balaban J connectivity index is 1.91. The number of hydrogen-bond donors (Lipinski definition) is 2. The summed E-state index contributed by atoms with van der Waals surface area (Å²) in [7, 11) is 0. The van der Waals surface area contributed by atoms with Gasteiger partial charge in [0.1, 0.15) is 11.9 Å². The number of benzene rings is 1. The molecule has 1 aromatic rings. The van der Waals surface area contributed by atoms with Gasteiger partial charge in [0.05, 0.1) is 25.7 Å². The molecule has 0 saturated carbocycles. The number of carbonyl (C=O) groups excluding carboxylic acids is 2. The molecule has 0 spiro atoms. The van der Waals surface area contributed by atoms with Gasteiger partial charge in [0.2, 0.25) is 11.8 Å². The monoisotopic (exact) mass is 337 g/mol. The summed E-state index contributed by atoms with van der Waals surface area (Å²) in [6.07, 6.45) is -0.502. The maximum atomic E-state index is 13.9. The molecule has 3 N–H and O–H groups in total. The molecule has 0 aliphatic carbocycles. The van der Waals surface area contributed by atoms with E-state index in [1.54, 1.807) is 23.1 Å². The highest BCUT2D eigenvalue weighted by atomic mass is 19.1. The topological polar surface area (TPSA) is 84.7 Å². The van der Waals surface area contributed by atoms with Gasteiger partial charge in [-0.25, -0.2) is 4.39 Å². The van der Waals surface area contributed by atoms with E-state index in [0.29, 0.717) is 18.7 Å². The summed E-state index contributed by atoms with van der Waals surface area (Å²) in [4.78, 5) is 25.7. The van der Waals surface area contributed by atoms with E-state index in [1.165, 1.54) is 6.07 Å². The van der Waals surface area contributed by atoms with Crippen molar-refractivity contribution in [2.75, 3.05) is 26.2 Å². The van der Waals surface area contributed by atoms with Crippen LogP contribution in [0.3, 0.4) is 0 Å². The summed E-state index contributed by atoms with van der Waals surface area (Å²) in [5.74, 6) is -0.942. The van der Waals surface area contributed by atoms with Crippen LogP contribution < -0.4 is 11.1 Å². The number of nitrogens with one attached hydrogen (secondary N) is 1. The zero-order valence-electron chi connectivity index (χ0n) is 14.0. The fourth-order valence-corrected chi connectivity index (χ4v) is 2.50. The molecule has 7 heteroatoms. The Morgan fingerprint density at radius 1 is 1.42 bits per heavy atom. The van der Waals surface area contributed by atoms with Crippen molar-refractivity contribution in [3.05, 3.63) is 35.6 Å². The van der Waals surface area contributed by atoms with Crippen LogP contribution in [0.1, 0.15) is 25.5 Å². The second-order valence-corrected chi connectivity index (χ2v) is 6.21. The van der Waals surface area contributed by atoms with E-state index in [-0.39, 0.29) is 36.6 Å². The molecule has 0 bridgehead atoms. The minimum atomic E-state index is -0.645. The van der Waals surface area contributed by atoms with Crippen LogP contribution in [-0.4, -0.2) is 49.0 Å². The van der Waals surface area contributed by atoms with Crippen LogP contribution in [-0.2, 0) is 14.3 Å². The van der Waals surface area contributed by atoms with Crippen molar-refractivity contribution < 1.29 is 18.7 Å². The molecule has 1 aliphatic heterocycles. The van der Waals surface area contributed by atoms with Crippen LogP contribution in [0.25, 0.3) is 0 Å². The zero-order chi connectivity index (χ0) is 17.7. The Kier molecular flexibility index (Phi) is 6.28. The van der Waals surface area contributed by atoms with Crippen LogP contribution in [0, 0.1) is 11.7 Å². The van der Waals surface area contributed by atoms with E-state index < -0.39 is 12.1 Å². The van der Waals surface area contributed by atoms with Gasteiger partial charge in [0, 0.05) is 12.1 Å².